The third-order valence-corrected chi connectivity index (χ3v) is 4.46. The van der Waals surface area contributed by atoms with Gasteiger partial charge in [0.2, 0.25) is 0 Å². The lowest BCUT2D eigenvalue weighted by Gasteiger charge is -2.37. The topological polar surface area (TPSA) is 30.5 Å². The number of ether oxygens (including phenoxy) is 2. The Kier molecular flexibility index (Phi) is 3.69. The van der Waals surface area contributed by atoms with Gasteiger partial charge in [0.05, 0.1) is 12.2 Å². The monoisotopic (exact) mass is 239 g/mol. The van der Waals surface area contributed by atoms with Gasteiger partial charge >= 0.3 is 0 Å². The van der Waals surface area contributed by atoms with Crippen LogP contribution in [0, 0.1) is 5.92 Å². The molecule has 0 bridgehead atoms. The van der Waals surface area contributed by atoms with Crippen molar-refractivity contribution in [3.05, 3.63) is 0 Å². The van der Waals surface area contributed by atoms with Crippen molar-refractivity contribution in [3.8, 4) is 0 Å². The average molecular weight is 239 g/mol. The van der Waals surface area contributed by atoms with Crippen LogP contribution in [0.2, 0.25) is 0 Å². The van der Waals surface area contributed by atoms with Crippen molar-refractivity contribution in [2.75, 3.05) is 26.4 Å². The van der Waals surface area contributed by atoms with Crippen LogP contribution in [-0.2, 0) is 9.47 Å². The maximum atomic E-state index is 5.97. The van der Waals surface area contributed by atoms with Crippen molar-refractivity contribution in [3.63, 3.8) is 0 Å². The first-order valence-corrected chi connectivity index (χ1v) is 7.31. The molecule has 3 fully saturated rings. The van der Waals surface area contributed by atoms with Crippen molar-refractivity contribution in [1.82, 2.24) is 5.32 Å². The third-order valence-electron chi connectivity index (χ3n) is 4.46. The van der Waals surface area contributed by atoms with E-state index >= 15 is 0 Å². The number of hydrogen-bond acceptors (Lipinski definition) is 3. The summed E-state index contributed by atoms with van der Waals surface area (Å²) in [5.74, 6) is 0.867. The van der Waals surface area contributed by atoms with Crippen LogP contribution in [0.3, 0.4) is 0 Å². The van der Waals surface area contributed by atoms with Crippen LogP contribution in [0.4, 0.5) is 0 Å². The van der Waals surface area contributed by atoms with Crippen LogP contribution < -0.4 is 5.32 Å². The Balaban J connectivity index is 1.37. The highest BCUT2D eigenvalue weighted by Gasteiger charge is 2.40. The van der Waals surface area contributed by atoms with E-state index in [2.05, 4.69) is 5.32 Å². The lowest BCUT2D eigenvalue weighted by molar-refractivity contribution is -0.0989. The van der Waals surface area contributed by atoms with Gasteiger partial charge in [-0.15, -0.1) is 0 Å². The number of hydrogen-bond donors (Lipinski definition) is 1. The van der Waals surface area contributed by atoms with Gasteiger partial charge in [0, 0.05) is 25.7 Å². The number of nitrogens with one attached hydrogen (secondary N) is 1. The van der Waals surface area contributed by atoms with E-state index in [1.165, 1.54) is 45.1 Å². The van der Waals surface area contributed by atoms with Crippen LogP contribution in [0.5, 0.6) is 0 Å². The first kappa shape index (κ1) is 11.9. The van der Waals surface area contributed by atoms with E-state index in [1.807, 2.05) is 0 Å². The molecule has 0 radical (unpaired) electrons. The zero-order valence-electron chi connectivity index (χ0n) is 10.7. The minimum Gasteiger partial charge on any atom is -0.378 e. The summed E-state index contributed by atoms with van der Waals surface area (Å²) in [6, 6.07) is 0.860. The van der Waals surface area contributed by atoms with Gasteiger partial charge in [-0.1, -0.05) is 0 Å². The van der Waals surface area contributed by atoms with Crippen molar-refractivity contribution in [2.45, 2.75) is 56.6 Å². The molecule has 2 heterocycles. The average Bonchev–Trinajstić information content (AvgIpc) is 3.07. The quantitative estimate of drug-likeness (QED) is 0.745. The molecule has 1 spiro atoms. The maximum Gasteiger partial charge on any atom is 0.0939 e. The summed E-state index contributed by atoms with van der Waals surface area (Å²) >= 11 is 0. The van der Waals surface area contributed by atoms with Crippen LogP contribution in [0.15, 0.2) is 0 Å². The molecule has 3 heteroatoms. The van der Waals surface area contributed by atoms with E-state index in [4.69, 9.17) is 9.47 Å². The fraction of sp³-hybridized carbons (Fsp3) is 1.00. The van der Waals surface area contributed by atoms with E-state index in [-0.39, 0.29) is 5.60 Å². The van der Waals surface area contributed by atoms with Gasteiger partial charge in [-0.3, -0.25) is 0 Å². The molecular weight excluding hydrogens is 214 g/mol. The molecule has 0 aromatic rings. The summed E-state index contributed by atoms with van der Waals surface area (Å²) in [5, 5.41) is 3.60. The molecule has 3 rings (SSSR count). The van der Waals surface area contributed by atoms with Gasteiger partial charge in [-0.05, 0) is 51.0 Å². The van der Waals surface area contributed by atoms with Crippen molar-refractivity contribution < 1.29 is 9.47 Å². The van der Waals surface area contributed by atoms with Gasteiger partial charge in [-0.2, -0.15) is 0 Å². The molecule has 98 valence electrons. The van der Waals surface area contributed by atoms with Crippen LogP contribution in [0.25, 0.3) is 0 Å². The van der Waals surface area contributed by atoms with Gasteiger partial charge in [0.25, 0.3) is 0 Å². The molecule has 3 aliphatic rings. The van der Waals surface area contributed by atoms with Gasteiger partial charge in [0.1, 0.15) is 0 Å². The molecular formula is C14H25NO2. The largest absolute Gasteiger partial charge is 0.378 e. The van der Waals surface area contributed by atoms with Crippen molar-refractivity contribution in [2.24, 2.45) is 5.92 Å². The number of rotatable bonds is 5. The predicted molar refractivity (Wildman–Crippen MR) is 67.1 cm³/mol. The smallest absolute Gasteiger partial charge is 0.0939 e. The molecule has 0 aromatic carbocycles. The van der Waals surface area contributed by atoms with Crippen LogP contribution >= 0.6 is 0 Å². The Morgan fingerprint density at radius 1 is 1.18 bits per heavy atom. The molecule has 0 aromatic heterocycles. The summed E-state index contributed by atoms with van der Waals surface area (Å²) in [6.07, 6.45) is 9.10. The normalized spacial score (nSPS) is 37.8. The Morgan fingerprint density at radius 3 is 2.88 bits per heavy atom. The molecule has 2 aliphatic heterocycles. The molecule has 2 saturated heterocycles. The molecule has 0 amide bonds. The Morgan fingerprint density at radius 2 is 2.12 bits per heavy atom. The second-order valence-electron chi connectivity index (χ2n) is 6.06. The standard InChI is InChI=1S/C14H25NO2/c1(7-15-13-3-4-13)2-12-5-8-17-14(10-12)6-9-16-11-14/h12-13,15H,1-11H2. The molecule has 2 unspecified atom stereocenters. The highest BCUT2D eigenvalue weighted by molar-refractivity contribution is 4.90. The molecule has 1 N–H and O–H groups in total. The van der Waals surface area contributed by atoms with E-state index in [1.54, 1.807) is 0 Å². The second-order valence-corrected chi connectivity index (χ2v) is 6.06. The lowest BCUT2D eigenvalue weighted by Crippen LogP contribution is -2.40. The Bertz CT molecular complexity index is 247. The van der Waals surface area contributed by atoms with Crippen LogP contribution in [-0.4, -0.2) is 38.0 Å². The molecule has 2 atom stereocenters. The van der Waals surface area contributed by atoms with Gasteiger partial charge in [0.15, 0.2) is 0 Å². The van der Waals surface area contributed by atoms with E-state index in [0.717, 1.165) is 38.2 Å². The predicted octanol–water partition coefficient (Wildman–Crippen LogP) is 2.10. The minimum absolute atomic E-state index is 0.104. The van der Waals surface area contributed by atoms with E-state index in [0.29, 0.717) is 0 Å². The van der Waals surface area contributed by atoms with E-state index < -0.39 is 0 Å². The second kappa shape index (κ2) is 5.25. The third kappa shape index (κ3) is 3.21. The summed E-state index contributed by atoms with van der Waals surface area (Å²) in [4.78, 5) is 0. The highest BCUT2D eigenvalue weighted by Crippen LogP contribution is 2.37. The van der Waals surface area contributed by atoms with Crippen molar-refractivity contribution >= 4 is 0 Å². The zero-order chi connectivity index (χ0) is 11.6. The Labute approximate surface area is 104 Å². The summed E-state index contributed by atoms with van der Waals surface area (Å²) in [5.41, 5.74) is 0.104. The van der Waals surface area contributed by atoms with Crippen LogP contribution in [0.1, 0.15) is 44.9 Å². The maximum absolute atomic E-state index is 5.97. The lowest BCUT2D eigenvalue weighted by atomic mass is 9.83. The minimum atomic E-state index is 0.104. The molecule has 1 saturated carbocycles. The summed E-state index contributed by atoms with van der Waals surface area (Å²) in [6.45, 7) is 3.90. The molecule has 1 aliphatic carbocycles. The summed E-state index contributed by atoms with van der Waals surface area (Å²) < 4.78 is 11.5. The van der Waals surface area contributed by atoms with Gasteiger partial charge in [-0.25, -0.2) is 0 Å². The first-order chi connectivity index (χ1) is 8.36. The Hall–Kier alpha value is -0.120. The SMILES string of the molecule is C(CNC1CC1)CC1CCOC2(CCOC2)C1. The highest BCUT2D eigenvalue weighted by atomic mass is 16.6. The molecule has 17 heavy (non-hydrogen) atoms. The van der Waals surface area contributed by atoms with Crippen molar-refractivity contribution in [1.29, 1.82) is 0 Å². The fourth-order valence-electron chi connectivity index (χ4n) is 3.22. The molecule has 3 nitrogen and oxygen atoms in total. The van der Waals surface area contributed by atoms with Gasteiger partial charge < -0.3 is 14.8 Å². The summed E-state index contributed by atoms with van der Waals surface area (Å²) in [7, 11) is 0. The fourth-order valence-corrected chi connectivity index (χ4v) is 3.22. The van der Waals surface area contributed by atoms with E-state index in [9.17, 15) is 0 Å². The zero-order valence-corrected chi connectivity index (χ0v) is 10.7. The first-order valence-electron chi connectivity index (χ1n) is 7.31.